The van der Waals surface area contributed by atoms with Gasteiger partial charge in [0.25, 0.3) is 0 Å². The number of benzene rings is 3. The first-order chi connectivity index (χ1) is 16.3. The highest BCUT2D eigenvalue weighted by atomic mass is 16.1. The van der Waals surface area contributed by atoms with Gasteiger partial charge in [-0.1, -0.05) is 73.9 Å². The van der Waals surface area contributed by atoms with E-state index in [0.29, 0.717) is 6.54 Å². The largest absolute Gasteiger partial charge is 0.384 e. The molecule has 1 aliphatic rings. The minimum Gasteiger partial charge on any atom is -0.384 e. The molecule has 168 valence electrons. The van der Waals surface area contributed by atoms with Crippen LogP contribution in [0, 0.1) is 0 Å². The second-order valence-electron chi connectivity index (χ2n) is 8.73. The summed E-state index contributed by atoms with van der Waals surface area (Å²) in [6.07, 6.45) is 5.74. The van der Waals surface area contributed by atoms with Crippen LogP contribution in [0.3, 0.4) is 0 Å². The maximum Gasteiger partial charge on any atom is 0.196 e. The first-order valence-electron chi connectivity index (χ1n) is 11.9. The minimum absolute atomic E-state index is 0.0772. The fourth-order valence-electron chi connectivity index (χ4n) is 4.78. The normalized spacial score (nSPS) is 12.2. The van der Waals surface area contributed by atoms with Gasteiger partial charge in [0.2, 0.25) is 0 Å². The van der Waals surface area contributed by atoms with Crippen molar-refractivity contribution < 1.29 is 4.79 Å². The highest BCUT2D eigenvalue weighted by Gasteiger charge is 2.30. The van der Waals surface area contributed by atoms with Crippen molar-refractivity contribution in [1.29, 1.82) is 0 Å². The van der Waals surface area contributed by atoms with Crippen molar-refractivity contribution >= 4 is 22.4 Å². The van der Waals surface area contributed by atoms with Gasteiger partial charge in [-0.3, -0.25) is 9.48 Å². The molecule has 0 saturated heterocycles. The smallest absolute Gasteiger partial charge is 0.196 e. The number of nitrogens with one attached hydrogen (secondary N) is 1. The number of fused-ring (bicyclic) bond motifs is 2. The molecule has 0 atom stereocenters. The number of rotatable bonds is 10. The first kappa shape index (κ1) is 21.4. The van der Waals surface area contributed by atoms with Crippen molar-refractivity contribution in [2.24, 2.45) is 5.73 Å². The molecule has 1 heterocycles. The molecule has 0 saturated carbocycles. The van der Waals surface area contributed by atoms with E-state index in [2.05, 4.69) is 23.5 Å². The average molecular weight is 439 g/mol. The summed E-state index contributed by atoms with van der Waals surface area (Å²) in [4.78, 5) is 13.6. The lowest BCUT2D eigenvalue weighted by Crippen LogP contribution is -2.14. The molecule has 1 aromatic heterocycles. The van der Waals surface area contributed by atoms with Gasteiger partial charge in [-0.2, -0.15) is 5.10 Å². The van der Waals surface area contributed by atoms with Crippen LogP contribution < -0.4 is 11.1 Å². The van der Waals surface area contributed by atoms with Crippen LogP contribution in [0.2, 0.25) is 0 Å². The monoisotopic (exact) mass is 438 g/mol. The third-order valence-corrected chi connectivity index (χ3v) is 6.44. The van der Waals surface area contributed by atoms with Crippen LogP contribution >= 0.6 is 0 Å². The molecule has 0 amide bonds. The Balaban J connectivity index is 1.45. The maximum atomic E-state index is 13.6. The Kier molecular flexibility index (Phi) is 6.22. The number of carbonyl (C=O) groups excluding carboxylic acids is 1. The van der Waals surface area contributed by atoms with E-state index in [1.165, 1.54) is 24.8 Å². The number of nitrogens with zero attached hydrogens (tertiary/aromatic N) is 2. The molecular weight excluding hydrogens is 408 g/mol. The summed E-state index contributed by atoms with van der Waals surface area (Å²) in [7, 11) is 0. The number of nitrogens with two attached hydrogens (primary N) is 1. The van der Waals surface area contributed by atoms with Crippen LogP contribution in [-0.4, -0.2) is 28.7 Å². The van der Waals surface area contributed by atoms with Crippen molar-refractivity contribution in [3.8, 4) is 11.3 Å². The zero-order valence-corrected chi connectivity index (χ0v) is 18.9. The molecule has 1 aliphatic carbocycles. The van der Waals surface area contributed by atoms with E-state index >= 15 is 0 Å². The van der Waals surface area contributed by atoms with Crippen LogP contribution in [0.15, 0.2) is 66.7 Å². The lowest BCUT2D eigenvalue weighted by molar-refractivity contribution is 0.104. The topological polar surface area (TPSA) is 72.9 Å². The minimum atomic E-state index is 0.0772. The van der Waals surface area contributed by atoms with Gasteiger partial charge in [0, 0.05) is 28.7 Å². The molecule has 3 aromatic carbocycles. The quantitative estimate of drug-likeness (QED) is 0.278. The standard InChI is InChI=1S/C28H30N4O/c29-17-7-2-1-3-8-18-30-23-15-9-13-21-25(23)28(33)22-14-10-16-24-26(22)27(21)31-32(24)19-20-11-5-4-6-12-20/h4-6,9-16,30H,1-3,7-8,17-19,29H2. The number of aromatic nitrogens is 2. The van der Waals surface area contributed by atoms with E-state index in [4.69, 9.17) is 10.8 Å². The molecule has 5 heteroatoms. The summed E-state index contributed by atoms with van der Waals surface area (Å²) in [6, 6.07) is 22.3. The van der Waals surface area contributed by atoms with Gasteiger partial charge >= 0.3 is 0 Å². The van der Waals surface area contributed by atoms with Gasteiger partial charge in [-0.15, -0.1) is 0 Å². The van der Waals surface area contributed by atoms with Gasteiger partial charge in [-0.05, 0) is 37.1 Å². The lowest BCUT2D eigenvalue weighted by Gasteiger charge is -2.19. The summed E-state index contributed by atoms with van der Waals surface area (Å²) >= 11 is 0. The maximum absolute atomic E-state index is 13.6. The summed E-state index contributed by atoms with van der Waals surface area (Å²) in [5, 5.41) is 9.48. The SMILES string of the molecule is NCCCCCCCNc1cccc2c1C(=O)c1cccc3c1c-2nn3Cc1ccccc1. The molecule has 4 aromatic rings. The summed E-state index contributed by atoms with van der Waals surface area (Å²) < 4.78 is 2.02. The van der Waals surface area contributed by atoms with Crippen molar-refractivity contribution in [2.75, 3.05) is 18.4 Å². The van der Waals surface area contributed by atoms with E-state index < -0.39 is 0 Å². The third-order valence-electron chi connectivity index (χ3n) is 6.44. The second-order valence-corrected chi connectivity index (χ2v) is 8.73. The molecule has 0 radical (unpaired) electrons. The number of hydrogen-bond donors (Lipinski definition) is 2. The Bertz CT molecular complexity index is 1280. The van der Waals surface area contributed by atoms with E-state index in [9.17, 15) is 4.79 Å². The Morgan fingerprint density at radius 1 is 0.818 bits per heavy atom. The van der Waals surface area contributed by atoms with Crippen molar-refractivity contribution in [3.63, 3.8) is 0 Å². The van der Waals surface area contributed by atoms with Crippen molar-refractivity contribution in [3.05, 3.63) is 83.4 Å². The molecule has 0 bridgehead atoms. The van der Waals surface area contributed by atoms with Crippen LogP contribution in [0.25, 0.3) is 22.2 Å². The lowest BCUT2D eigenvalue weighted by atomic mass is 9.86. The molecule has 0 unspecified atom stereocenters. The average Bonchev–Trinajstić information content (AvgIpc) is 3.21. The van der Waals surface area contributed by atoms with Gasteiger partial charge < -0.3 is 11.1 Å². The third kappa shape index (κ3) is 4.16. The van der Waals surface area contributed by atoms with Crippen LogP contribution in [0.1, 0.15) is 53.6 Å². The molecule has 5 rings (SSSR count). The van der Waals surface area contributed by atoms with E-state index in [1.54, 1.807) is 0 Å². The second kappa shape index (κ2) is 9.59. The number of anilines is 1. The summed E-state index contributed by atoms with van der Waals surface area (Å²) in [6.45, 7) is 2.30. The molecule has 0 aliphatic heterocycles. The Morgan fingerprint density at radius 2 is 1.58 bits per heavy atom. The molecular formula is C28H30N4O. The van der Waals surface area contributed by atoms with Crippen LogP contribution in [0.5, 0.6) is 0 Å². The zero-order valence-electron chi connectivity index (χ0n) is 18.9. The molecule has 0 fully saturated rings. The van der Waals surface area contributed by atoms with Crippen molar-refractivity contribution in [2.45, 2.75) is 38.6 Å². The number of unbranched alkanes of at least 4 members (excludes halogenated alkanes) is 4. The Hall–Kier alpha value is -3.44. The van der Waals surface area contributed by atoms with Crippen LogP contribution in [0.4, 0.5) is 5.69 Å². The van der Waals surface area contributed by atoms with Gasteiger partial charge in [0.05, 0.1) is 17.6 Å². The summed E-state index contributed by atoms with van der Waals surface area (Å²) in [5.74, 6) is 0.0772. The fraction of sp³-hybridized carbons (Fsp3) is 0.286. The fourth-order valence-corrected chi connectivity index (χ4v) is 4.78. The number of ketones is 1. The predicted octanol–water partition coefficient (Wildman–Crippen LogP) is 5.62. The van der Waals surface area contributed by atoms with E-state index in [0.717, 1.165) is 64.9 Å². The first-order valence-corrected chi connectivity index (χ1v) is 11.9. The van der Waals surface area contributed by atoms with Gasteiger partial charge in [0.15, 0.2) is 5.78 Å². The summed E-state index contributed by atoms with van der Waals surface area (Å²) in [5.41, 5.74) is 12.0. The van der Waals surface area contributed by atoms with Gasteiger partial charge in [-0.25, -0.2) is 0 Å². The molecule has 3 N–H and O–H groups in total. The number of hydrogen-bond acceptors (Lipinski definition) is 4. The predicted molar refractivity (Wildman–Crippen MR) is 135 cm³/mol. The van der Waals surface area contributed by atoms with E-state index in [-0.39, 0.29) is 5.78 Å². The van der Waals surface area contributed by atoms with Crippen LogP contribution in [-0.2, 0) is 6.54 Å². The molecule has 33 heavy (non-hydrogen) atoms. The van der Waals surface area contributed by atoms with E-state index in [1.807, 2.05) is 53.2 Å². The zero-order chi connectivity index (χ0) is 22.6. The Morgan fingerprint density at radius 3 is 2.42 bits per heavy atom. The molecule has 5 nitrogen and oxygen atoms in total. The molecule has 0 spiro atoms. The van der Waals surface area contributed by atoms with Crippen molar-refractivity contribution in [1.82, 2.24) is 9.78 Å². The Labute approximate surface area is 194 Å². The highest BCUT2D eigenvalue weighted by Crippen LogP contribution is 2.41. The number of carbonyl (C=O) groups is 1. The highest BCUT2D eigenvalue weighted by molar-refractivity contribution is 6.27. The van der Waals surface area contributed by atoms with Gasteiger partial charge in [0.1, 0.15) is 5.69 Å².